The number of carboxylic acids is 1. The quantitative estimate of drug-likeness (QED) is 0.211. The first-order valence-electron chi connectivity index (χ1n) is 13.0. The number of carboxylic acid groups (broad SMARTS) is 1. The van der Waals surface area contributed by atoms with Gasteiger partial charge in [0.15, 0.2) is 0 Å². The number of hydrogen-bond donors (Lipinski definition) is 1. The highest BCUT2D eigenvalue weighted by molar-refractivity contribution is 6.02. The minimum absolute atomic E-state index is 0.259. The van der Waals surface area contributed by atoms with Gasteiger partial charge in [0.1, 0.15) is 11.5 Å². The number of esters is 1. The van der Waals surface area contributed by atoms with Crippen molar-refractivity contribution in [2.24, 2.45) is 7.05 Å². The lowest BCUT2D eigenvalue weighted by molar-refractivity contribution is 0.0599. The number of methoxy groups -OCH3 is 2. The molecule has 1 heterocycles. The molecule has 0 atom stereocenters. The highest BCUT2D eigenvalue weighted by Gasteiger charge is 2.24. The maximum atomic E-state index is 11.9. The molecule has 7 heteroatoms. The minimum Gasteiger partial charge on any atom is -0.496 e. The molecule has 200 valence electrons. The van der Waals surface area contributed by atoms with Crippen molar-refractivity contribution in [3.63, 3.8) is 0 Å². The number of carbonyl (C=O) groups is 2. The highest BCUT2D eigenvalue weighted by Crippen LogP contribution is 2.41. The SMILES string of the molecule is COC(=O)c1cccc(OCCCc2c(C3=CCCc4c(OC)cccc43)c3ccc(C(=O)O)cc3n2C)c1. The van der Waals surface area contributed by atoms with Crippen LogP contribution in [-0.2, 0) is 24.6 Å². The zero-order chi connectivity index (χ0) is 27.5. The van der Waals surface area contributed by atoms with Gasteiger partial charge >= 0.3 is 11.9 Å². The number of carbonyl (C=O) groups excluding carboxylic acids is 1. The molecule has 0 spiro atoms. The van der Waals surface area contributed by atoms with Gasteiger partial charge in [0, 0.05) is 34.8 Å². The van der Waals surface area contributed by atoms with Gasteiger partial charge in [0.25, 0.3) is 0 Å². The van der Waals surface area contributed by atoms with Crippen molar-refractivity contribution in [3.8, 4) is 11.5 Å². The standard InChI is InChI=1S/C32H31NO6/c1-33-27(13-7-17-39-22-9-4-8-21(18-22)32(36)38-3)30(26-16-15-20(31(34)35)19-28(26)33)25-12-5-11-24-23(25)10-6-14-29(24)37-2/h4,6,8-10,12,14-16,18-19H,5,7,11,13,17H2,1-3H3,(H,34,35). The number of aromatic carboxylic acids is 1. The van der Waals surface area contributed by atoms with E-state index in [0.717, 1.165) is 64.7 Å². The molecule has 0 saturated carbocycles. The van der Waals surface area contributed by atoms with Crippen molar-refractivity contribution in [2.45, 2.75) is 25.7 Å². The van der Waals surface area contributed by atoms with Crippen LogP contribution in [-0.4, -0.2) is 42.4 Å². The van der Waals surface area contributed by atoms with Crippen molar-refractivity contribution >= 4 is 28.4 Å². The molecule has 0 bridgehead atoms. The maximum Gasteiger partial charge on any atom is 0.337 e. The Morgan fingerprint density at radius 3 is 2.59 bits per heavy atom. The third-order valence-corrected chi connectivity index (χ3v) is 7.31. The van der Waals surface area contributed by atoms with Crippen LogP contribution < -0.4 is 9.47 Å². The summed E-state index contributed by atoms with van der Waals surface area (Å²) in [6, 6.07) is 18.4. The van der Waals surface area contributed by atoms with Gasteiger partial charge in [-0.2, -0.15) is 0 Å². The predicted octanol–water partition coefficient (Wildman–Crippen LogP) is 6.06. The number of hydrogen-bond acceptors (Lipinski definition) is 5. The summed E-state index contributed by atoms with van der Waals surface area (Å²) in [6.45, 7) is 0.454. The molecule has 0 unspecified atom stereocenters. The number of nitrogens with zero attached hydrogens (tertiary/aromatic N) is 1. The van der Waals surface area contributed by atoms with E-state index in [4.69, 9.17) is 14.2 Å². The second kappa shape index (κ2) is 11.1. The number of ether oxygens (including phenoxy) is 3. The Hall–Kier alpha value is -4.52. The average Bonchev–Trinajstić information content (AvgIpc) is 3.24. The molecule has 1 aliphatic carbocycles. The Morgan fingerprint density at radius 2 is 1.82 bits per heavy atom. The third-order valence-electron chi connectivity index (χ3n) is 7.31. The van der Waals surface area contributed by atoms with E-state index >= 15 is 0 Å². The van der Waals surface area contributed by atoms with Crippen LogP contribution in [0, 0.1) is 0 Å². The minimum atomic E-state index is -0.948. The van der Waals surface area contributed by atoms with Crippen molar-refractivity contribution in [2.75, 3.05) is 20.8 Å². The Morgan fingerprint density at radius 1 is 1.00 bits per heavy atom. The number of rotatable bonds is 9. The van der Waals surface area contributed by atoms with Gasteiger partial charge in [-0.05, 0) is 73.2 Å². The van der Waals surface area contributed by atoms with Gasteiger partial charge < -0.3 is 23.9 Å². The first kappa shape index (κ1) is 26.1. The van der Waals surface area contributed by atoms with Crippen LogP contribution in [0.5, 0.6) is 11.5 Å². The van der Waals surface area contributed by atoms with Gasteiger partial charge in [-0.25, -0.2) is 9.59 Å². The summed E-state index contributed by atoms with van der Waals surface area (Å²) in [5, 5.41) is 10.6. The Kier molecular flexibility index (Phi) is 7.41. The fraction of sp³-hybridized carbons (Fsp3) is 0.250. The molecule has 0 amide bonds. The van der Waals surface area contributed by atoms with Crippen LogP contribution in [0.3, 0.4) is 0 Å². The highest BCUT2D eigenvalue weighted by atomic mass is 16.5. The predicted molar refractivity (Wildman–Crippen MR) is 150 cm³/mol. The van der Waals surface area contributed by atoms with E-state index in [1.807, 2.05) is 31.3 Å². The van der Waals surface area contributed by atoms with Gasteiger partial charge in [0.2, 0.25) is 0 Å². The lowest BCUT2D eigenvalue weighted by Gasteiger charge is -2.21. The fourth-order valence-electron chi connectivity index (χ4n) is 5.45. The fourth-order valence-corrected chi connectivity index (χ4v) is 5.45. The second-order valence-electron chi connectivity index (χ2n) is 9.53. The molecule has 39 heavy (non-hydrogen) atoms. The average molecular weight is 526 g/mol. The van der Waals surface area contributed by atoms with Crippen LogP contribution in [0.25, 0.3) is 16.5 Å². The molecule has 0 fully saturated rings. The van der Waals surface area contributed by atoms with Gasteiger partial charge in [-0.1, -0.05) is 30.3 Å². The van der Waals surface area contributed by atoms with Crippen molar-refractivity contribution < 1.29 is 28.9 Å². The van der Waals surface area contributed by atoms with E-state index in [-0.39, 0.29) is 5.56 Å². The van der Waals surface area contributed by atoms with Crippen molar-refractivity contribution in [1.82, 2.24) is 4.57 Å². The van der Waals surface area contributed by atoms with Crippen molar-refractivity contribution in [1.29, 1.82) is 0 Å². The summed E-state index contributed by atoms with van der Waals surface area (Å²) in [6.07, 6.45) is 5.52. The smallest absolute Gasteiger partial charge is 0.337 e. The molecule has 4 aromatic rings. The van der Waals surface area contributed by atoms with Gasteiger partial charge in [-0.15, -0.1) is 0 Å². The lowest BCUT2D eigenvalue weighted by Crippen LogP contribution is -2.08. The number of aromatic nitrogens is 1. The van der Waals surface area contributed by atoms with E-state index in [9.17, 15) is 14.7 Å². The summed E-state index contributed by atoms with van der Waals surface area (Å²) in [5.41, 5.74) is 7.29. The van der Waals surface area contributed by atoms with E-state index in [2.05, 4.69) is 16.7 Å². The Bertz CT molecular complexity index is 1600. The van der Waals surface area contributed by atoms with Crippen LogP contribution >= 0.6 is 0 Å². The summed E-state index contributed by atoms with van der Waals surface area (Å²) < 4.78 is 18.5. The molecule has 1 aliphatic rings. The third kappa shape index (κ3) is 5.00. The zero-order valence-corrected chi connectivity index (χ0v) is 22.3. The van der Waals surface area contributed by atoms with Crippen LogP contribution in [0.4, 0.5) is 0 Å². The monoisotopic (exact) mass is 525 g/mol. The summed E-state index contributed by atoms with van der Waals surface area (Å²) in [4.78, 5) is 23.6. The van der Waals surface area contributed by atoms with Gasteiger partial charge in [0.05, 0.1) is 32.0 Å². The molecule has 1 N–H and O–H groups in total. The molecular formula is C32H31NO6. The Labute approximate surface area is 227 Å². The topological polar surface area (TPSA) is 87.0 Å². The molecule has 0 aliphatic heterocycles. The number of benzene rings is 3. The first-order valence-corrected chi connectivity index (χ1v) is 13.0. The van der Waals surface area contributed by atoms with Crippen molar-refractivity contribution in [3.05, 3.63) is 100 Å². The molecule has 5 rings (SSSR count). The molecule has 7 nitrogen and oxygen atoms in total. The summed E-state index contributed by atoms with van der Waals surface area (Å²) in [5.74, 6) is 0.141. The first-order chi connectivity index (χ1) is 18.9. The van der Waals surface area contributed by atoms with E-state index < -0.39 is 11.9 Å². The second-order valence-corrected chi connectivity index (χ2v) is 9.53. The number of fused-ring (bicyclic) bond motifs is 2. The van der Waals surface area contributed by atoms with Gasteiger partial charge in [-0.3, -0.25) is 0 Å². The number of allylic oxidation sites excluding steroid dienone is 1. The molecule has 0 radical (unpaired) electrons. The maximum absolute atomic E-state index is 11.9. The molecular weight excluding hydrogens is 494 g/mol. The van der Waals surface area contributed by atoms with E-state index in [1.54, 1.807) is 37.4 Å². The zero-order valence-electron chi connectivity index (χ0n) is 22.3. The van der Waals surface area contributed by atoms with E-state index in [0.29, 0.717) is 17.9 Å². The molecule has 0 saturated heterocycles. The number of aryl methyl sites for hydroxylation is 1. The van der Waals surface area contributed by atoms with Crippen LogP contribution in [0.2, 0.25) is 0 Å². The van der Waals surface area contributed by atoms with E-state index in [1.165, 1.54) is 12.7 Å². The normalized spacial score (nSPS) is 12.5. The lowest BCUT2D eigenvalue weighted by atomic mass is 9.84. The summed E-state index contributed by atoms with van der Waals surface area (Å²) >= 11 is 0. The Balaban J connectivity index is 1.49. The molecule has 1 aromatic heterocycles. The van der Waals surface area contributed by atoms with Crippen LogP contribution in [0.1, 0.15) is 55.9 Å². The van der Waals surface area contributed by atoms with Crippen LogP contribution in [0.15, 0.2) is 66.7 Å². The summed E-state index contributed by atoms with van der Waals surface area (Å²) in [7, 11) is 5.04. The largest absolute Gasteiger partial charge is 0.496 e. The molecule has 3 aromatic carbocycles.